The van der Waals surface area contributed by atoms with Gasteiger partial charge >= 0.3 is 0 Å². The fourth-order valence-electron chi connectivity index (χ4n) is 3.54. The van der Waals surface area contributed by atoms with E-state index >= 15 is 0 Å². The molecule has 1 N–H and O–H groups in total. The maximum atomic E-state index is 10.0. The summed E-state index contributed by atoms with van der Waals surface area (Å²) in [4.78, 5) is 15.0. The number of allylic oxidation sites excluding steroid dienone is 2. The number of fused-ring (bicyclic) bond motifs is 1. The van der Waals surface area contributed by atoms with Crippen molar-refractivity contribution >= 4 is 16.7 Å². The molecule has 1 heterocycles. The van der Waals surface area contributed by atoms with E-state index < -0.39 is 0 Å². The summed E-state index contributed by atoms with van der Waals surface area (Å²) >= 11 is 0. The van der Waals surface area contributed by atoms with Crippen LogP contribution in [0.15, 0.2) is 48.2 Å². The summed E-state index contributed by atoms with van der Waals surface area (Å²) in [5.41, 5.74) is 8.26. The van der Waals surface area contributed by atoms with E-state index in [1.165, 1.54) is 42.0 Å². The van der Waals surface area contributed by atoms with E-state index in [-0.39, 0.29) is 37.1 Å². The van der Waals surface area contributed by atoms with Crippen molar-refractivity contribution in [2.75, 3.05) is 0 Å². The average molecular weight is 595 g/mol. The number of carbonyl (C=O) groups excluding carboxylic acids is 1. The second-order valence-corrected chi connectivity index (χ2v) is 8.93. The first-order chi connectivity index (χ1) is 13.9. The minimum atomic E-state index is -0.125. The normalized spacial score (nSPS) is 11.4. The Morgan fingerprint density at radius 3 is 2.19 bits per heavy atom. The molecular formula is C27H32IrNO2-. The predicted molar refractivity (Wildman–Crippen MR) is 126 cm³/mol. The van der Waals surface area contributed by atoms with Crippen LogP contribution in [-0.2, 0) is 30.3 Å². The smallest absolute Gasteiger partial charge is 0.155 e. The molecule has 0 saturated heterocycles. The van der Waals surface area contributed by atoms with Gasteiger partial charge in [-0.05, 0) is 43.5 Å². The molecular weight excluding hydrogens is 563 g/mol. The Hall–Kier alpha value is -2.29. The van der Waals surface area contributed by atoms with Crippen molar-refractivity contribution in [3.63, 3.8) is 0 Å². The summed E-state index contributed by atoms with van der Waals surface area (Å²) in [6.07, 6.45) is 1.17. The fraction of sp³-hybridized carbons (Fsp3) is 0.333. The number of pyridine rings is 1. The minimum Gasteiger partial charge on any atom is -0.512 e. The maximum absolute atomic E-state index is 10.0. The van der Waals surface area contributed by atoms with Gasteiger partial charge in [0.25, 0.3) is 0 Å². The Labute approximate surface area is 200 Å². The molecule has 2 aromatic carbocycles. The number of aryl methyl sites for hydroxylation is 3. The summed E-state index contributed by atoms with van der Waals surface area (Å²) in [6, 6.07) is 16.5. The first-order valence-corrected chi connectivity index (χ1v) is 10.2. The molecule has 0 aliphatic rings. The zero-order chi connectivity index (χ0) is 22.6. The van der Waals surface area contributed by atoms with Crippen LogP contribution in [0.25, 0.3) is 22.2 Å². The Bertz CT molecular complexity index is 1080. The van der Waals surface area contributed by atoms with Crippen molar-refractivity contribution in [3.05, 3.63) is 76.6 Å². The Balaban J connectivity index is 0.000000523. The van der Waals surface area contributed by atoms with E-state index in [2.05, 4.69) is 84.0 Å². The number of carbonyl (C=O) groups is 1. The molecule has 1 radical (unpaired) electrons. The minimum absolute atomic E-state index is 0. The Kier molecular flexibility index (Phi) is 9.35. The molecule has 0 spiro atoms. The number of nitrogens with zero attached hydrogens (tertiary/aromatic N) is 1. The van der Waals surface area contributed by atoms with Crippen LogP contribution >= 0.6 is 0 Å². The molecule has 3 aromatic rings. The van der Waals surface area contributed by atoms with Crippen LogP contribution in [0.3, 0.4) is 0 Å². The molecule has 0 aliphatic carbocycles. The van der Waals surface area contributed by atoms with Crippen LogP contribution in [0, 0.1) is 26.8 Å². The van der Waals surface area contributed by atoms with Gasteiger partial charge in [-0.3, -0.25) is 9.78 Å². The molecule has 0 bridgehead atoms. The topological polar surface area (TPSA) is 50.2 Å². The summed E-state index contributed by atoms with van der Waals surface area (Å²) in [5.74, 6) is -0.0625. The molecule has 0 unspecified atom stereocenters. The third kappa shape index (κ3) is 7.41. The van der Waals surface area contributed by atoms with Gasteiger partial charge in [-0.25, -0.2) is 0 Å². The summed E-state index contributed by atoms with van der Waals surface area (Å²) in [7, 11) is 0. The van der Waals surface area contributed by atoms with Crippen molar-refractivity contribution in [2.45, 2.75) is 60.8 Å². The van der Waals surface area contributed by atoms with Gasteiger partial charge in [0.15, 0.2) is 5.78 Å². The van der Waals surface area contributed by atoms with E-state index in [0.717, 1.165) is 22.3 Å². The molecule has 0 saturated carbocycles. The van der Waals surface area contributed by atoms with Gasteiger partial charge in [-0.2, -0.15) is 0 Å². The molecule has 3 nitrogen and oxygen atoms in total. The van der Waals surface area contributed by atoms with Crippen molar-refractivity contribution in [1.29, 1.82) is 0 Å². The second-order valence-electron chi connectivity index (χ2n) is 8.93. The third-order valence-corrected chi connectivity index (χ3v) is 4.67. The number of rotatable bonds is 2. The van der Waals surface area contributed by atoms with E-state index in [4.69, 9.17) is 10.1 Å². The van der Waals surface area contributed by atoms with Crippen LogP contribution in [0.5, 0.6) is 0 Å². The quantitative estimate of drug-likeness (QED) is 0.198. The zero-order valence-corrected chi connectivity index (χ0v) is 22.1. The van der Waals surface area contributed by atoms with Gasteiger partial charge in [0, 0.05) is 31.6 Å². The number of hydrogen-bond acceptors (Lipinski definition) is 3. The van der Waals surface area contributed by atoms with Crippen LogP contribution in [0.2, 0.25) is 0 Å². The second kappa shape index (κ2) is 10.8. The average Bonchev–Trinajstić information content (AvgIpc) is 2.58. The maximum Gasteiger partial charge on any atom is 0.155 e. The molecule has 0 amide bonds. The van der Waals surface area contributed by atoms with Gasteiger partial charge in [0.05, 0.1) is 11.3 Å². The number of benzene rings is 2. The standard InChI is InChI=1S/C22H24N.C5H8O2.Ir/c1-14-10-15(2)12-17(11-14)21-16(3)13-18-19(22(4,5)6)8-7-9-20(18)23-21;1-4(6)3-5(2)7;/h7-11,13H,1-6H3;3,6H,1-2H3;/q-1;;/b;4-3-;. The van der Waals surface area contributed by atoms with Gasteiger partial charge in [-0.1, -0.05) is 58.4 Å². The van der Waals surface area contributed by atoms with E-state index in [1.54, 1.807) is 0 Å². The first-order valence-electron chi connectivity index (χ1n) is 10.2. The van der Waals surface area contributed by atoms with Gasteiger partial charge in [0.1, 0.15) is 0 Å². The molecule has 167 valence electrons. The number of aliphatic hydroxyl groups is 1. The van der Waals surface area contributed by atoms with E-state index in [9.17, 15) is 4.79 Å². The molecule has 0 atom stereocenters. The van der Waals surface area contributed by atoms with Crippen LogP contribution < -0.4 is 0 Å². The molecule has 1 aromatic heterocycles. The molecule has 31 heavy (non-hydrogen) atoms. The van der Waals surface area contributed by atoms with Gasteiger partial charge < -0.3 is 5.11 Å². The van der Waals surface area contributed by atoms with Crippen LogP contribution in [0.1, 0.15) is 56.9 Å². The Morgan fingerprint density at radius 1 is 1.06 bits per heavy atom. The zero-order valence-electron chi connectivity index (χ0n) is 19.7. The van der Waals surface area contributed by atoms with Gasteiger partial charge in [0.2, 0.25) is 0 Å². The monoisotopic (exact) mass is 595 g/mol. The third-order valence-electron chi connectivity index (χ3n) is 4.67. The Morgan fingerprint density at radius 2 is 1.71 bits per heavy atom. The summed E-state index contributed by atoms with van der Waals surface area (Å²) in [6.45, 7) is 16.0. The predicted octanol–water partition coefficient (Wildman–Crippen LogP) is 6.96. The fourth-order valence-corrected chi connectivity index (χ4v) is 3.54. The number of aliphatic hydroxyl groups excluding tert-OH is 1. The van der Waals surface area contributed by atoms with Crippen molar-refractivity contribution in [2.24, 2.45) is 0 Å². The number of hydrogen-bond donors (Lipinski definition) is 1. The van der Waals surface area contributed by atoms with Crippen molar-refractivity contribution in [3.8, 4) is 11.3 Å². The van der Waals surface area contributed by atoms with Crippen molar-refractivity contribution in [1.82, 2.24) is 4.98 Å². The van der Waals surface area contributed by atoms with E-state index in [1.807, 2.05) is 0 Å². The SMILES string of the molecule is CC(=O)/C=C(/C)O.Cc1[c-]c(-c2nc3cccc(C(C)(C)C)c3cc2C)cc(C)c1.[Ir]. The van der Waals surface area contributed by atoms with Gasteiger partial charge in [-0.15, -0.1) is 34.9 Å². The first kappa shape index (κ1) is 26.7. The summed E-state index contributed by atoms with van der Waals surface area (Å²) in [5, 5.41) is 9.62. The number of aromatic nitrogens is 1. The van der Waals surface area contributed by atoms with Crippen LogP contribution in [0.4, 0.5) is 0 Å². The molecule has 0 fully saturated rings. The number of ketones is 1. The van der Waals surface area contributed by atoms with Crippen molar-refractivity contribution < 1.29 is 30.0 Å². The largest absolute Gasteiger partial charge is 0.512 e. The van der Waals surface area contributed by atoms with Crippen LogP contribution in [-0.4, -0.2) is 15.9 Å². The molecule has 3 rings (SSSR count). The van der Waals surface area contributed by atoms with E-state index in [0.29, 0.717) is 0 Å². The molecule has 0 aliphatic heterocycles. The summed E-state index contributed by atoms with van der Waals surface area (Å²) < 4.78 is 0. The molecule has 4 heteroatoms.